The molecule has 0 atom stereocenters. The number of furan rings is 1. The van der Waals surface area contributed by atoms with E-state index in [9.17, 15) is 18.3 Å². The maximum absolute atomic E-state index is 12.6. The van der Waals surface area contributed by atoms with Crippen molar-refractivity contribution in [2.45, 2.75) is 31.6 Å². The molecule has 1 saturated heterocycles. The van der Waals surface area contributed by atoms with Crippen molar-refractivity contribution in [1.82, 2.24) is 4.31 Å². The molecule has 1 aliphatic heterocycles. The van der Waals surface area contributed by atoms with E-state index in [-0.39, 0.29) is 16.3 Å². The van der Waals surface area contributed by atoms with E-state index in [0.717, 1.165) is 12.8 Å². The molecule has 3 rings (SSSR count). The summed E-state index contributed by atoms with van der Waals surface area (Å²) in [5, 5.41) is 12.5. The minimum absolute atomic E-state index is 0.0441. The highest BCUT2D eigenvalue weighted by atomic mass is 32.2. The zero-order chi connectivity index (χ0) is 18.2. The van der Waals surface area contributed by atoms with Crippen LogP contribution in [-0.2, 0) is 10.0 Å². The molecule has 8 heteroatoms. The van der Waals surface area contributed by atoms with Crippen molar-refractivity contribution in [1.29, 1.82) is 0 Å². The van der Waals surface area contributed by atoms with Crippen LogP contribution in [0.2, 0.25) is 0 Å². The molecule has 1 aliphatic rings. The Kier molecular flexibility index (Phi) is 4.57. The number of sulfonamides is 1. The minimum Gasteiger partial charge on any atom is -0.506 e. The van der Waals surface area contributed by atoms with Gasteiger partial charge in [-0.2, -0.15) is 4.31 Å². The van der Waals surface area contributed by atoms with Gasteiger partial charge in [0.2, 0.25) is 10.0 Å². The summed E-state index contributed by atoms with van der Waals surface area (Å²) in [6.07, 6.45) is 1.67. The van der Waals surface area contributed by atoms with Gasteiger partial charge in [-0.3, -0.25) is 4.79 Å². The molecule has 0 aliphatic carbocycles. The molecule has 25 heavy (non-hydrogen) atoms. The van der Waals surface area contributed by atoms with Gasteiger partial charge in [-0.15, -0.1) is 0 Å². The smallest absolute Gasteiger partial charge is 0.259 e. The third-order valence-electron chi connectivity index (χ3n) is 4.20. The van der Waals surface area contributed by atoms with Crippen LogP contribution in [0.3, 0.4) is 0 Å². The van der Waals surface area contributed by atoms with Crippen LogP contribution >= 0.6 is 0 Å². The van der Waals surface area contributed by atoms with Crippen LogP contribution in [0.25, 0.3) is 0 Å². The number of nitrogens with one attached hydrogen (secondary N) is 1. The monoisotopic (exact) mass is 364 g/mol. The van der Waals surface area contributed by atoms with E-state index >= 15 is 0 Å². The van der Waals surface area contributed by atoms with Crippen molar-refractivity contribution in [3.8, 4) is 5.75 Å². The number of rotatable bonds is 4. The average Bonchev–Trinajstić information content (AvgIpc) is 3.19. The molecule has 1 amide bonds. The number of anilines is 1. The van der Waals surface area contributed by atoms with Gasteiger partial charge in [0.05, 0.1) is 16.1 Å². The average molecular weight is 364 g/mol. The second-order valence-electron chi connectivity index (χ2n) is 6.07. The number of hydrogen-bond acceptors (Lipinski definition) is 5. The number of benzene rings is 1. The molecule has 1 aromatic carbocycles. The Morgan fingerprint density at radius 1 is 1.20 bits per heavy atom. The molecule has 0 unspecified atom stereocenters. The Morgan fingerprint density at radius 3 is 2.48 bits per heavy atom. The summed E-state index contributed by atoms with van der Waals surface area (Å²) in [6.45, 7) is 4.36. The molecule has 1 fully saturated rings. The van der Waals surface area contributed by atoms with Crippen LogP contribution < -0.4 is 5.32 Å². The number of amides is 1. The van der Waals surface area contributed by atoms with Gasteiger partial charge in [0.1, 0.15) is 17.3 Å². The summed E-state index contributed by atoms with van der Waals surface area (Å²) >= 11 is 0. The molecule has 0 radical (unpaired) electrons. The summed E-state index contributed by atoms with van der Waals surface area (Å²) in [5.41, 5.74) is 0.383. The first kappa shape index (κ1) is 17.5. The zero-order valence-corrected chi connectivity index (χ0v) is 14.9. The van der Waals surface area contributed by atoms with Gasteiger partial charge in [-0.05, 0) is 51.0 Å². The maximum atomic E-state index is 12.6. The number of nitrogens with zero attached hydrogens (tertiary/aromatic N) is 1. The number of carbonyl (C=O) groups excluding carboxylic acids is 1. The normalized spacial score (nSPS) is 15.4. The van der Waals surface area contributed by atoms with Crippen LogP contribution in [-0.4, -0.2) is 36.8 Å². The number of phenolic OH excluding ortho intramolecular Hbond substituents is 1. The van der Waals surface area contributed by atoms with Crippen LogP contribution in [0.1, 0.15) is 34.7 Å². The zero-order valence-electron chi connectivity index (χ0n) is 14.1. The Hall–Kier alpha value is -2.32. The second-order valence-corrected chi connectivity index (χ2v) is 8.01. The summed E-state index contributed by atoms with van der Waals surface area (Å²) in [7, 11) is -3.63. The molecule has 0 spiro atoms. The lowest BCUT2D eigenvalue weighted by Gasteiger charge is -2.16. The fourth-order valence-corrected chi connectivity index (χ4v) is 4.44. The van der Waals surface area contributed by atoms with Crippen molar-refractivity contribution in [3.63, 3.8) is 0 Å². The van der Waals surface area contributed by atoms with Crippen LogP contribution in [0.15, 0.2) is 33.6 Å². The van der Waals surface area contributed by atoms with Crippen molar-refractivity contribution < 1.29 is 22.7 Å². The van der Waals surface area contributed by atoms with E-state index in [4.69, 9.17) is 4.42 Å². The van der Waals surface area contributed by atoms with Gasteiger partial charge >= 0.3 is 0 Å². The third-order valence-corrected chi connectivity index (χ3v) is 6.10. The number of phenols is 1. The molecular weight excluding hydrogens is 344 g/mol. The third kappa shape index (κ3) is 3.40. The van der Waals surface area contributed by atoms with Gasteiger partial charge in [-0.25, -0.2) is 8.42 Å². The lowest BCUT2D eigenvalue weighted by molar-refractivity contribution is 0.102. The maximum Gasteiger partial charge on any atom is 0.259 e. The molecule has 2 heterocycles. The summed E-state index contributed by atoms with van der Waals surface area (Å²) in [6, 6.07) is 5.48. The number of hydrogen-bond donors (Lipinski definition) is 2. The van der Waals surface area contributed by atoms with Gasteiger partial charge < -0.3 is 14.8 Å². The first-order chi connectivity index (χ1) is 11.8. The Bertz CT molecular complexity index is 911. The highest BCUT2D eigenvalue weighted by molar-refractivity contribution is 7.89. The van der Waals surface area contributed by atoms with Crippen LogP contribution in [0, 0.1) is 13.8 Å². The molecule has 1 aromatic heterocycles. The lowest BCUT2D eigenvalue weighted by Crippen LogP contribution is -2.28. The molecule has 2 aromatic rings. The molecular formula is C17H20N2O5S. The summed E-state index contributed by atoms with van der Waals surface area (Å²) < 4.78 is 32.0. The van der Waals surface area contributed by atoms with E-state index < -0.39 is 15.9 Å². The van der Waals surface area contributed by atoms with E-state index in [1.807, 2.05) is 0 Å². The van der Waals surface area contributed by atoms with E-state index in [2.05, 4.69) is 5.32 Å². The minimum atomic E-state index is -3.63. The first-order valence-electron chi connectivity index (χ1n) is 8.00. The Morgan fingerprint density at radius 2 is 1.88 bits per heavy atom. The van der Waals surface area contributed by atoms with Crippen LogP contribution in [0.5, 0.6) is 5.75 Å². The highest BCUT2D eigenvalue weighted by Crippen LogP contribution is 2.30. The molecule has 7 nitrogen and oxygen atoms in total. The Balaban J connectivity index is 1.89. The largest absolute Gasteiger partial charge is 0.506 e. The van der Waals surface area contributed by atoms with E-state index in [1.54, 1.807) is 19.9 Å². The highest BCUT2D eigenvalue weighted by Gasteiger charge is 2.28. The van der Waals surface area contributed by atoms with Crippen LogP contribution in [0.4, 0.5) is 5.69 Å². The predicted octanol–water partition coefficient (Wildman–Crippen LogP) is 2.64. The van der Waals surface area contributed by atoms with Gasteiger partial charge in [0.15, 0.2) is 0 Å². The molecule has 0 bridgehead atoms. The SMILES string of the molecule is Cc1cc(C(=O)Nc2cc(S(=O)(=O)N3CCCC3)ccc2O)c(C)o1. The predicted molar refractivity (Wildman–Crippen MR) is 92.2 cm³/mol. The van der Waals surface area contributed by atoms with E-state index in [1.165, 1.54) is 22.5 Å². The second kappa shape index (κ2) is 6.53. The van der Waals surface area contributed by atoms with Gasteiger partial charge in [-0.1, -0.05) is 0 Å². The van der Waals surface area contributed by atoms with Crippen molar-refractivity contribution >= 4 is 21.6 Å². The lowest BCUT2D eigenvalue weighted by atomic mass is 10.2. The van der Waals surface area contributed by atoms with Crippen molar-refractivity contribution in [2.24, 2.45) is 0 Å². The quantitative estimate of drug-likeness (QED) is 0.813. The summed E-state index contributed by atoms with van der Waals surface area (Å²) in [5.74, 6) is 0.375. The molecule has 0 saturated carbocycles. The topological polar surface area (TPSA) is 99.9 Å². The number of aromatic hydroxyl groups is 1. The Labute approximate surface area is 146 Å². The molecule has 2 N–H and O–H groups in total. The number of carbonyl (C=O) groups is 1. The first-order valence-corrected chi connectivity index (χ1v) is 9.44. The summed E-state index contributed by atoms with van der Waals surface area (Å²) in [4.78, 5) is 12.4. The fraction of sp³-hybridized carbons (Fsp3) is 0.353. The van der Waals surface area contributed by atoms with E-state index in [0.29, 0.717) is 30.2 Å². The number of aryl methyl sites for hydroxylation is 2. The standard InChI is InChI=1S/C17H20N2O5S/c1-11-9-14(12(2)24-11)17(21)18-15-10-13(5-6-16(15)20)25(22,23)19-7-3-4-8-19/h5-6,9-10,20H,3-4,7-8H2,1-2H3,(H,18,21). The molecule has 134 valence electrons. The van der Waals surface area contributed by atoms with Gasteiger partial charge in [0.25, 0.3) is 5.91 Å². The van der Waals surface area contributed by atoms with Crippen molar-refractivity contribution in [3.05, 3.63) is 41.3 Å². The fourth-order valence-electron chi connectivity index (χ4n) is 2.90. The van der Waals surface area contributed by atoms with Crippen molar-refractivity contribution in [2.75, 3.05) is 18.4 Å². The van der Waals surface area contributed by atoms with Gasteiger partial charge in [0, 0.05) is 13.1 Å².